The fraction of sp³-hybridized carbons (Fsp3) is 0.583. The van der Waals surface area contributed by atoms with E-state index in [-0.39, 0.29) is 16.7 Å². The zero-order valence-electron chi connectivity index (χ0n) is 17.6. The molecule has 1 aromatic rings. The monoisotopic (exact) mass is 382 g/mol. The van der Waals surface area contributed by atoms with Gasteiger partial charge in [0.05, 0.1) is 14.2 Å². The number of benzene rings is 1. The molecule has 0 unspecified atom stereocenters. The van der Waals surface area contributed by atoms with Crippen LogP contribution in [0.3, 0.4) is 0 Å². The lowest BCUT2D eigenvalue weighted by Gasteiger charge is -2.68. The molecule has 4 rings (SSSR count). The minimum absolute atomic E-state index is 0.0772. The Morgan fingerprint density at radius 3 is 2.32 bits per heavy atom. The molecule has 150 valence electrons. The zero-order chi connectivity index (χ0) is 20.3. The van der Waals surface area contributed by atoms with Crippen molar-refractivity contribution in [1.82, 2.24) is 0 Å². The van der Waals surface area contributed by atoms with Crippen molar-refractivity contribution in [2.24, 2.45) is 16.7 Å². The predicted molar refractivity (Wildman–Crippen MR) is 107 cm³/mol. The number of ether oxygens (including phenoxy) is 2. The Hall–Kier alpha value is -2.10. The van der Waals surface area contributed by atoms with E-state index in [4.69, 9.17) is 9.47 Å². The predicted octanol–water partition coefficient (Wildman–Crippen LogP) is 4.36. The highest BCUT2D eigenvalue weighted by Gasteiger charge is 2.70. The number of hydrogen-bond acceptors (Lipinski definition) is 4. The average Bonchev–Trinajstić information content (AvgIpc) is 2.79. The number of hydrogen-bond donors (Lipinski definition) is 0. The van der Waals surface area contributed by atoms with E-state index in [2.05, 4.69) is 39.0 Å². The van der Waals surface area contributed by atoms with E-state index in [1.165, 1.54) is 30.9 Å². The summed E-state index contributed by atoms with van der Waals surface area (Å²) in [5.74, 6) is -0.724. The first kappa shape index (κ1) is 19.2. The maximum absolute atomic E-state index is 13.0. The van der Waals surface area contributed by atoms with Gasteiger partial charge in [-0.3, -0.25) is 9.59 Å². The lowest BCUT2D eigenvalue weighted by molar-refractivity contribution is -0.176. The molecule has 1 spiro atoms. The number of esters is 2. The first-order valence-electron chi connectivity index (χ1n) is 10.2. The molecule has 0 saturated heterocycles. The third-order valence-electron chi connectivity index (χ3n) is 7.90. The van der Waals surface area contributed by atoms with Crippen LogP contribution >= 0.6 is 0 Å². The summed E-state index contributed by atoms with van der Waals surface area (Å²) in [4.78, 5) is 26.1. The lowest BCUT2D eigenvalue weighted by atomic mass is 9.35. The van der Waals surface area contributed by atoms with Gasteiger partial charge in [0.15, 0.2) is 5.41 Å². The molecule has 2 bridgehead atoms. The van der Waals surface area contributed by atoms with Crippen molar-refractivity contribution >= 4 is 11.9 Å². The number of fused-ring (bicyclic) bond motifs is 3. The molecule has 2 fully saturated rings. The van der Waals surface area contributed by atoms with Gasteiger partial charge < -0.3 is 9.47 Å². The summed E-state index contributed by atoms with van der Waals surface area (Å²) in [6, 6.07) is 8.36. The normalized spacial score (nSPS) is 32.2. The van der Waals surface area contributed by atoms with Gasteiger partial charge in [-0.15, -0.1) is 0 Å². The third-order valence-corrected chi connectivity index (χ3v) is 7.90. The lowest BCUT2D eigenvalue weighted by Crippen LogP contribution is -2.63. The second-order valence-corrected chi connectivity index (χ2v) is 9.44. The first-order valence-corrected chi connectivity index (χ1v) is 10.2. The molecule has 3 aliphatic rings. The Labute approximate surface area is 167 Å². The highest BCUT2D eigenvalue weighted by molar-refractivity contribution is 6.00. The number of rotatable bonds is 2. The van der Waals surface area contributed by atoms with E-state index < -0.39 is 17.4 Å². The largest absolute Gasteiger partial charge is 0.468 e. The highest BCUT2D eigenvalue weighted by atomic mass is 16.5. The van der Waals surface area contributed by atoms with Crippen LogP contribution < -0.4 is 0 Å². The van der Waals surface area contributed by atoms with Gasteiger partial charge in [-0.25, -0.2) is 0 Å². The molecule has 0 N–H and O–H groups in total. The Morgan fingerprint density at radius 2 is 1.71 bits per heavy atom. The molecular formula is C24H30O4. The Bertz CT molecular complexity index is 862. The molecule has 4 nitrogen and oxygen atoms in total. The molecular weight excluding hydrogens is 352 g/mol. The SMILES string of the molecule is COC(=O)C1(C(=O)OC)Cc2ccccc2[C@@]23C[C@@](C)(CCC2=C(C)C)[C@@H]3C1. The summed E-state index contributed by atoms with van der Waals surface area (Å²) < 4.78 is 10.3. The Balaban J connectivity index is 2.00. The van der Waals surface area contributed by atoms with E-state index in [9.17, 15) is 9.59 Å². The van der Waals surface area contributed by atoms with Crippen LogP contribution in [0.15, 0.2) is 35.4 Å². The molecule has 0 aromatic heterocycles. The van der Waals surface area contributed by atoms with E-state index in [0.717, 1.165) is 24.8 Å². The van der Waals surface area contributed by atoms with Crippen LogP contribution in [0.1, 0.15) is 57.6 Å². The molecule has 0 amide bonds. The fourth-order valence-electron chi connectivity index (χ4n) is 6.76. The molecule has 3 atom stereocenters. The van der Waals surface area contributed by atoms with Gasteiger partial charge in [0.1, 0.15) is 0 Å². The van der Waals surface area contributed by atoms with Gasteiger partial charge in [0, 0.05) is 5.41 Å². The Kier molecular flexibility index (Phi) is 4.26. The van der Waals surface area contributed by atoms with Gasteiger partial charge in [-0.2, -0.15) is 0 Å². The summed E-state index contributed by atoms with van der Waals surface area (Å²) in [6.07, 6.45) is 4.09. The minimum Gasteiger partial charge on any atom is -0.468 e. The molecule has 0 heterocycles. The topological polar surface area (TPSA) is 52.6 Å². The van der Waals surface area contributed by atoms with Crippen LogP contribution in [0.5, 0.6) is 0 Å². The summed E-state index contributed by atoms with van der Waals surface area (Å²) in [6.45, 7) is 6.72. The number of allylic oxidation sites excluding steroid dienone is 2. The molecule has 4 heteroatoms. The molecule has 1 aromatic carbocycles. The fourth-order valence-corrected chi connectivity index (χ4v) is 6.76. The number of carbonyl (C=O) groups is 2. The number of carbonyl (C=O) groups excluding carboxylic acids is 2. The second kappa shape index (κ2) is 6.20. The molecule has 28 heavy (non-hydrogen) atoms. The van der Waals surface area contributed by atoms with Gasteiger partial charge >= 0.3 is 11.9 Å². The van der Waals surface area contributed by atoms with Gasteiger partial charge in [-0.1, -0.05) is 42.3 Å². The van der Waals surface area contributed by atoms with Gasteiger partial charge in [-0.05, 0) is 68.4 Å². The summed E-state index contributed by atoms with van der Waals surface area (Å²) in [5.41, 5.74) is 4.00. The minimum atomic E-state index is -1.28. The zero-order valence-corrected chi connectivity index (χ0v) is 17.6. The summed E-state index contributed by atoms with van der Waals surface area (Å²) in [5, 5.41) is 0. The average molecular weight is 383 g/mol. The van der Waals surface area contributed by atoms with Gasteiger partial charge in [0.2, 0.25) is 0 Å². The van der Waals surface area contributed by atoms with Crippen molar-refractivity contribution in [2.75, 3.05) is 14.2 Å². The maximum Gasteiger partial charge on any atom is 0.323 e. The van der Waals surface area contributed by atoms with Gasteiger partial charge in [0.25, 0.3) is 0 Å². The van der Waals surface area contributed by atoms with Crippen molar-refractivity contribution in [3.8, 4) is 0 Å². The highest BCUT2D eigenvalue weighted by Crippen LogP contribution is 2.74. The smallest absolute Gasteiger partial charge is 0.323 e. The van der Waals surface area contributed by atoms with Crippen molar-refractivity contribution < 1.29 is 19.1 Å². The summed E-state index contributed by atoms with van der Waals surface area (Å²) >= 11 is 0. The van der Waals surface area contributed by atoms with Crippen LogP contribution in [0.25, 0.3) is 0 Å². The number of methoxy groups -OCH3 is 2. The standard InChI is InChI=1S/C24H30O4/c1-15(2)17-10-11-22(3)14-24(17)18-9-7-6-8-16(18)12-23(13-19(22)24,20(25)27-4)21(26)28-5/h6-9,19H,10-14H2,1-5H3/t19-,22+,24+/m0/s1. The Morgan fingerprint density at radius 1 is 1.07 bits per heavy atom. The molecule has 0 radical (unpaired) electrons. The van der Waals surface area contributed by atoms with E-state index >= 15 is 0 Å². The molecule has 3 aliphatic carbocycles. The second-order valence-electron chi connectivity index (χ2n) is 9.44. The quantitative estimate of drug-likeness (QED) is 0.433. The van der Waals surface area contributed by atoms with Crippen molar-refractivity contribution in [3.63, 3.8) is 0 Å². The van der Waals surface area contributed by atoms with E-state index in [0.29, 0.717) is 12.8 Å². The van der Waals surface area contributed by atoms with Crippen LogP contribution in [0, 0.1) is 16.7 Å². The van der Waals surface area contributed by atoms with Crippen LogP contribution in [-0.2, 0) is 30.9 Å². The van der Waals surface area contributed by atoms with E-state index in [1.54, 1.807) is 0 Å². The van der Waals surface area contributed by atoms with Crippen LogP contribution in [0.4, 0.5) is 0 Å². The third kappa shape index (κ3) is 2.23. The summed E-state index contributed by atoms with van der Waals surface area (Å²) in [7, 11) is 2.73. The van der Waals surface area contributed by atoms with Crippen LogP contribution in [0.2, 0.25) is 0 Å². The first-order chi connectivity index (χ1) is 13.2. The van der Waals surface area contributed by atoms with E-state index in [1.807, 2.05) is 6.07 Å². The molecule has 2 saturated carbocycles. The molecule has 0 aliphatic heterocycles. The van der Waals surface area contributed by atoms with Crippen molar-refractivity contribution in [3.05, 3.63) is 46.5 Å². The van der Waals surface area contributed by atoms with Crippen LogP contribution in [-0.4, -0.2) is 26.2 Å². The maximum atomic E-state index is 13.0. The van der Waals surface area contributed by atoms with Crippen molar-refractivity contribution in [2.45, 2.75) is 58.3 Å². The van der Waals surface area contributed by atoms with Crippen molar-refractivity contribution in [1.29, 1.82) is 0 Å².